The smallest absolute Gasteiger partial charge is 0.335 e. The molecule has 0 aromatic heterocycles. The Hall–Kier alpha value is -1.98. The van der Waals surface area contributed by atoms with E-state index in [0.29, 0.717) is 14.5 Å². The van der Waals surface area contributed by atoms with E-state index >= 15 is 0 Å². The number of halogens is 2. The van der Waals surface area contributed by atoms with Crippen LogP contribution >= 0.6 is 31.9 Å². The lowest BCUT2D eigenvalue weighted by atomic mass is 10.2. The van der Waals surface area contributed by atoms with Gasteiger partial charge in [0.2, 0.25) is 11.8 Å². The van der Waals surface area contributed by atoms with Crippen LogP contribution in [-0.2, 0) is 9.59 Å². The third-order valence-corrected chi connectivity index (χ3v) is 3.95. The predicted molar refractivity (Wildman–Crippen MR) is 87.5 cm³/mol. The topological polar surface area (TPSA) is 132 Å². The van der Waals surface area contributed by atoms with Gasteiger partial charge in [-0.05, 0) is 49.6 Å². The molecule has 1 aliphatic heterocycles. The maximum absolute atomic E-state index is 11.7. The van der Waals surface area contributed by atoms with Gasteiger partial charge in [0.05, 0.1) is 21.6 Å². The zero-order valence-corrected chi connectivity index (χ0v) is 14.6. The van der Waals surface area contributed by atoms with Gasteiger partial charge in [-0.1, -0.05) is 0 Å². The van der Waals surface area contributed by atoms with Crippen LogP contribution in [0.25, 0.3) is 0 Å². The van der Waals surface area contributed by atoms with Gasteiger partial charge in [-0.15, -0.1) is 0 Å². The first-order chi connectivity index (χ1) is 10.9. The van der Waals surface area contributed by atoms with Gasteiger partial charge in [-0.3, -0.25) is 20.3 Å². The van der Waals surface area contributed by atoms with E-state index in [1.807, 2.05) is 5.32 Å². The Morgan fingerprint density at radius 2 is 2.00 bits per heavy atom. The molecule has 1 aromatic carbocycles. The van der Waals surface area contributed by atoms with Crippen molar-refractivity contribution in [1.29, 1.82) is 0 Å². The number of nitrogens with zero attached hydrogens (tertiary/aromatic N) is 1. The number of phenolic OH excluding ortho intramolecular Hbond substituents is 1. The number of hydrogen-bond acceptors (Lipinski definition) is 6. The summed E-state index contributed by atoms with van der Waals surface area (Å²) in [6.45, 7) is 0. The molecule has 1 aliphatic rings. The van der Waals surface area contributed by atoms with Crippen LogP contribution in [0.1, 0.15) is 12.0 Å². The summed E-state index contributed by atoms with van der Waals surface area (Å²) in [5.41, 5.74) is 7.50. The molecule has 0 bridgehead atoms. The Morgan fingerprint density at radius 3 is 2.61 bits per heavy atom. The zero-order valence-electron chi connectivity index (χ0n) is 11.4. The average molecular weight is 449 g/mol. The molecule has 0 radical (unpaired) electrons. The Kier molecular flexibility index (Phi) is 5.69. The number of imide groups is 1. The molecular weight excluding hydrogens is 438 g/mol. The minimum absolute atomic E-state index is 0.0580. The number of phenols is 1. The van der Waals surface area contributed by atoms with Gasteiger partial charge in [-0.25, -0.2) is 15.6 Å². The Morgan fingerprint density at radius 1 is 1.35 bits per heavy atom. The number of hydrogen-bond donors (Lipinski definition) is 5. The second-order valence-corrected chi connectivity index (χ2v) is 6.18. The van der Waals surface area contributed by atoms with Crippen molar-refractivity contribution in [3.05, 3.63) is 26.6 Å². The molecule has 23 heavy (non-hydrogen) atoms. The normalized spacial score (nSPS) is 17.7. The summed E-state index contributed by atoms with van der Waals surface area (Å²) >= 11 is 6.36. The van der Waals surface area contributed by atoms with Crippen LogP contribution in [0.15, 0.2) is 26.2 Å². The third-order valence-electron chi connectivity index (χ3n) is 2.74. The van der Waals surface area contributed by atoms with Crippen molar-refractivity contribution in [2.24, 2.45) is 5.10 Å². The summed E-state index contributed by atoms with van der Waals surface area (Å²) in [6, 6.07) is 1.68. The molecule has 0 aliphatic carbocycles. The quantitative estimate of drug-likeness (QED) is 0.337. The lowest BCUT2D eigenvalue weighted by Gasteiger charge is -2.22. The number of hydrazone groups is 1. The number of benzene rings is 1. The van der Waals surface area contributed by atoms with Crippen molar-refractivity contribution in [3.63, 3.8) is 0 Å². The van der Waals surface area contributed by atoms with Crippen molar-refractivity contribution in [3.8, 4) is 5.75 Å². The van der Waals surface area contributed by atoms with Gasteiger partial charge in [0.15, 0.2) is 0 Å². The first kappa shape index (κ1) is 17.4. The van der Waals surface area contributed by atoms with Crippen molar-refractivity contribution in [2.45, 2.75) is 12.5 Å². The van der Waals surface area contributed by atoms with Crippen molar-refractivity contribution in [1.82, 2.24) is 21.6 Å². The van der Waals surface area contributed by atoms with Gasteiger partial charge < -0.3 is 5.11 Å². The molecular formula is C12H11Br2N5O4. The van der Waals surface area contributed by atoms with E-state index in [1.165, 1.54) is 6.21 Å². The molecule has 2 rings (SSSR count). The van der Waals surface area contributed by atoms with E-state index in [9.17, 15) is 19.5 Å². The summed E-state index contributed by atoms with van der Waals surface area (Å²) < 4.78 is 0.942. The molecule has 11 heteroatoms. The van der Waals surface area contributed by atoms with E-state index in [0.717, 1.165) is 0 Å². The minimum Gasteiger partial charge on any atom is -0.506 e. The van der Waals surface area contributed by atoms with E-state index < -0.39 is 23.9 Å². The van der Waals surface area contributed by atoms with Crippen LogP contribution in [-0.4, -0.2) is 35.2 Å². The lowest BCUT2D eigenvalue weighted by Crippen LogP contribution is -2.63. The number of amides is 4. The zero-order chi connectivity index (χ0) is 17.0. The van der Waals surface area contributed by atoms with Crippen LogP contribution in [0.2, 0.25) is 0 Å². The standard InChI is InChI=1S/C12H11Br2N5O4/c13-6-1-5(2-7(14)10(6)21)4-15-18-9(20)3-8-11(22)16-12(23)19-17-8/h1-2,4,8,17,21H,3H2,(H,18,20)(H2,16,19,22,23)/b15-4+. The highest BCUT2D eigenvalue weighted by Gasteiger charge is 2.27. The van der Waals surface area contributed by atoms with Gasteiger partial charge in [0.1, 0.15) is 11.8 Å². The number of carbonyl (C=O) groups is 3. The first-order valence-electron chi connectivity index (χ1n) is 6.23. The number of hydrazine groups is 1. The fourth-order valence-corrected chi connectivity index (χ4v) is 2.88. The molecule has 1 unspecified atom stereocenters. The Balaban J connectivity index is 1.89. The van der Waals surface area contributed by atoms with E-state index in [1.54, 1.807) is 12.1 Å². The Labute approximate surface area is 147 Å². The second kappa shape index (κ2) is 7.53. The number of aromatic hydroxyl groups is 1. The van der Waals surface area contributed by atoms with Crippen molar-refractivity contribution in [2.75, 3.05) is 0 Å². The molecule has 9 nitrogen and oxygen atoms in total. The van der Waals surface area contributed by atoms with Gasteiger partial charge >= 0.3 is 6.03 Å². The first-order valence-corrected chi connectivity index (χ1v) is 7.81. The maximum atomic E-state index is 11.7. The highest BCUT2D eigenvalue weighted by molar-refractivity contribution is 9.11. The largest absolute Gasteiger partial charge is 0.506 e. The number of urea groups is 1. The molecule has 4 amide bonds. The molecule has 5 N–H and O–H groups in total. The Bertz CT molecular complexity index is 671. The predicted octanol–water partition coefficient (Wildman–Crippen LogP) is 0.470. The molecule has 0 saturated carbocycles. The summed E-state index contributed by atoms with van der Waals surface area (Å²) in [7, 11) is 0. The summed E-state index contributed by atoms with van der Waals surface area (Å²) in [5.74, 6) is -1.05. The lowest BCUT2D eigenvalue weighted by molar-refractivity contribution is -0.128. The number of rotatable bonds is 4. The summed E-state index contributed by atoms with van der Waals surface area (Å²) in [5, 5.41) is 15.4. The fourth-order valence-electron chi connectivity index (χ4n) is 1.66. The highest BCUT2D eigenvalue weighted by atomic mass is 79.9. The van der Waals surface area contributed by atoms with Crippen LogP contribution in [0.4, 0.5) is 4.79 Å². The van der Waals surface area contributed by atoms with Gasteiger partial charge in [0, 0.05) is 0 Å². The molecule has 1 fully saturated rings. The maximum Gasteiger partial charge on any atom is 0.335 e. The molecule has 1 atom stereocenters. The number of carbonyl (C=O) groups excluding carboxylic acids is 3. The van der Waals surface area contributed by atoms with Gasteiger partial charge in [0.25, 0.3) is 0 Å². The van der Waals surface area contributed by atoms with Crippen LogP contribution in [0.5, 0.6) is 5.75 Å². The van der Waals surface area contributed by atoms with E-state index in [2.05, 4.69) is 53.2 Å². The van der Waals surface area contributed by atoms with Crippen molar-refractivity contribution >= 4 is 55.9 Å². The van der Waals surface area contributed by atoms with Gasteiger partial charge in [-0.2, -0.15) is 5.10 Å². The van der Waals surface area contributed by atoms with Crippen LogP contribution < -0.4 is 21.6 Å². The molecule has 1 aromatic rings. The van der Waals surface area contributed by atoms with E-state index in [-0.39, 0.29) is 12.2 Å². The third kappa shape index (κ3) is 4.74. The van der Waals surface area contributed by atoms with Crippen molar-refractivity contribution < 1.29 is 19.5 Å². The monoisotopic (exact) mass is 447 g/mol. The number of nitrogens with one attached hydrogen (secondary N) is 4. The summed E-state index contributed by atoms with van der Waals surface area (Å²) in [6.07, 6.45) is 1.18. The molecule has 1 saturated heterocycles. The van der Waals surface area contributed by atoms with E-state index in [4.69, 9.17) is 0 Å². The fraction of sp³-hybridized carbons (Fsp3) is 0.167. The molecule has 122 valence electrons. The molecule has 1 heterocycles. The second-order valence-electron chi connectivity index (χ2n) is 4.47. The van der Waals surface area contributed by atoms with Crippen LogP contribution in [0, 0.1) is 0 Å². The van der Waals surface area contributed by atoms with Crippen LogP contribution in [0.3, 0.4) is 0 Å². The minimum atomic E-state index is -0.875. The SMILES string of the molecule is O=C(CC1NNC(=O)NC1=O)N/N=C/c1cc(Br)c(O)c(Br)c1. The average Bonchev–Trinajstić information content (AvgIpc) is 2.47. The highest BCUT2D eigenvalue weighted by Crippen LogP contribution is 2.32. The molecule has 0 spiro atoms. The summed E-state index contributed by atoms with van der Waals surface area (Å²) in [4.78, 5) is 34.0.